The second-order valence-electron chi connectivity index (χ2n) is 24.9. The molecule has 0 saturated heterocycles. The molecular formula is C76H140O6. The molecule has 1 unspecified atom stereocenters. The standard InChI is InChI=1S/C76H140O6/c1-4-7-10-13-16-19-22-25-28-31-34-35-36-37-38-39-40-41-42-43-46-48-51-54-57-60-63-66-69-75(78)81-72-73(82-76(79)70-67-64-61-58-55-52-49-45-33-30-27-24-21-18-15-12-9-6-3)71-80-74(77)68-65-62-59-56-53-50-47-44-32-29-26-23-20-17-14-11-8-5-2/h20-21,23-24,29-30,32-33,73H,4-19,22,25-28,31,34-72H2,1-3H3/b23-20-,24-21-,32-29-,33-30-. The van der Waals surface area contributed by atoms with Gasteiger partial charge in [-0.25, -0.2) is 0 Å². The number of ether oxygens (including phenoxy) is 3. The highest BCUT2D eigenvalue weighted by molar-refractivity contribution is 5.71. The zero-order valence-corrected chi connectivity index (χ0v) is 55.3. The first-order valence-electron chi connectivity index (χ1n) is 36.6. The average molecular weight is 1150 g/mol. The van der Waals surface area contributed by atoms with Crippen LogP contribution in [0.4, 0.5) is 0 Å². The Morgan fingerprint density at radius 2 is 0.439 bits per heavy atom. The summed E-state index contributed by atoms with van der Waals surface area (Å²) in [4.78, 5) is 38.5. The number of unbranched alkanes of at least 4 members (excludes halogenated alkanes) is 49. The van der Waals surface area contributed by atoms with Gasteiger partial charge in [0, 0.05) is 19.3 Å². The van der Waals surface area contributed by atoms with E-state index < -0.39 is 6.10 Å². The molecule has 480 valence electrons. The molecular weight excluding hydrogens is 1010 g/mol. The molecule has 0 spiro atoms. The number of rotatable bonds is 68. The summed E-state index contributed by atoms with van der Waals surface area (Å²) in [5.74, 6) is -0.864. The molecule has 0 aromatic rings. The van der Waals surface area contributed by atoms with Gasteiger partial charge in [-0.3, -0.25) is 14.4 Å². The van der Waals surface area contributed by atoms with Crippen LogP contribution in [0.25, 0.3) is 0 Å². The van der Waals surface area contributed by atoms with Gasteiger partial charge in [0.15, 0.2) is 6.10 Å². The van der Waals surface area contributed by atoms with E-state index in [4.69, 9.17) is 14.2 Å². The zero-order valence-electron chi connectivity index (χ0n) is 55.3. The summed E-state index contributed by atoms with van der Waals surface area (Å²) in [6.07, 6.45) is 90.0. The molecule has 0 rings (SSSR count). The number of allylic oxidation sites excluding steroid dienone is 8. The van der Waals surface area contributed by atoms with Crippen molar-refractivity contribution in [2.24, 2.45) is 0 Å². The summed E-state index contributed by atoms with van der Waals surface area (Å²) in [5.41, 5.74) is 0. The van der Waals surface area contributed by atoms with Gasteiger partial charge in [-0.05, 0) is 83.5 Å². The van der Waals surface area contributed by atoms with Crippen LogP contribution in [0.15, 0.2) is 48.6 Å². The normalized spacial score (nSPS) is 12.3. The van der Waals surface area contributed by atoms with E-state index in [0.29, 0.717) is 19.3 Å². The van der Waals surface area contributed by atoms with Gasteiger partial charge in [0.25, 0.3) is 0 Å². The Morgan fingerprint density at radius 1 is 0.244 bits per heavy atom. The van der Waals surface area contributed by atoms with Gasteiger partial charge in [-0.1, -0.05) is 345 Å². The number of carbonyl (C=O) groups excluding carboxylic acids is 3. The van der Waals surface area contributed by atoms with Gasteiger partial charge in [0.1, 0.15) is 13.2 Å². The van der Waals surface area contributed by atoms with Crippen LogP contribution in [-0.2, 0) is 28.6 Å². The van der Waals surface area contributed by atoms with Crippen LogP contribution < -0.4 is 0 Å². The first-order chi connectivity index (χ1) is 40.5. The maximum Gasteiger partial charge on any atom is 0.306 e. The van der Waals surface area contributed by atoms with Crippen molar-refractivity contribution in [1.82, 2.24) is 0 Å². The Bertz CT molecular complexity index is 1410. The average Bonchev–Trinajstić information content (AvgIpc) is 3.47. The number of esters is 3. The van der Waals surface area contributed by atoms with Crippen molar-refractivity contribution in [3.63, 3.8) is 0 Å². The first kappa shape index (κ1) is 79.4. The molecule has 0 saturated carbocycles. The second kappa shape index (κ2) is 70.9. The lowest BCUT2D eigenvalue weighted by Gasteiger charge is -2.18. The van der Waals surface area contributed by atoms with Crippen molar-refractivity contribution >= 4 is 17.9 Å². The molecule has 0 heterocycles. The first-order valence-corrected chi connectivity index (χ1v) is 36.6. The van der Waals surface area contributed by atoms with Crippen LogP contribution in [0.3, 0.4) is 0 Å². The van der Waals surface area contributed by atoms with Crippen molar-refractivity contribution in [2.75, 3.05) is 13.2 Å². The van der Waals surface area contributed by atoms with Gasteiger partial charge >= 0.3 is 17.9 Å². The molecule has 0 aliphatic carbocycles. The molecule has 0 aromatic heterocycles. The largest absolute Gasteiger partial charge is 0.462 e. The molecule has 0 N–H and O–H groups in total. The molecule has 0 radical (unpaired) electrons. The Balaban J connectivity index is 4.26. The molecule has 1 atom stereocenters. The van der Waals surface area contributed by atoms with Crippen molar-refractivity contribution in [1.29, 1.82) is 0 Å². The van der Waals surface area contributed by atoms with Crippen LogP contribution in [0.5, 0.6) is 0 Å². The van der Waals surface area contributed by atoms with Crippen LogP contribution >= 0.6 is 0 Å². The molecule has 0 aliphatic heterocycles. The molecule has 82 heavy (non-hydrogen) atoms. The van der Waals surface area contributed by atoms with Gasteiger partial charge in [0.05, 0.1) is 0 Å². The van der Waals surface area contributed by atoms with E-state index in [9.17, 15) is 14.4 Å². The summed E-state index contributed by atoms with van der Waals surface area (Å²) in [6.45, 7) is 6.67. The zero-order chi connectivity index (χ0) is 59.2. The van der Waals surface area contributed by atoms with E-state index in [1.807, 2.05) is 0 Å². The summed E-state index contributed by atoms with van der Waals surface area (Å²) in [7, 11) is 0. The van der Waals surface area contributed by atoms with Crippen LogP contribution in [0, 0.1) is 0 Å². The molecule has 6 nitrogen and oxygen atoms in total. The Labute approximate surface area is 511 Å². The molecule has 0 aromatic carbocycles. The van der Waals surface area contributed by atoms with Crippen molar-refractivity contribution < 1.29 is 28.6 Å². The van der Waals surface area contributed by atoms with Gasteiger partial charge in [-0.15, -0.1) is 0 Å². The van der Waals surface area contributed by atoms with Gasteiger partial charge in [-0.2, -0.15) is 0 Å². The summed E-state index contributed by atoms with van der Waals surface area (Å²) >= 11 is 0. The van der Waals surface area contributed by atoms with Crippen molar-refractivity contribution in [3.05, 3.63) is 48.6 Å². The highest BCUT2D eigenvalue weighted by atomic mass is 16.6. The second-order valence-corrected chi connectivity index (χ2v) is 24.9. The minimum Gasteiger partial charge on any atom is -0.462 e. The summed E-state index contributed by atoms with van der Waals surface area (Å²) in [6, 6.07) is 0. The van der Waals surface area contributed by atoms with Crippen molar-refractivity contribution in [2.45, 2.75) is 406 Å². The SMILES string of the molecule is CCCCCC/C=C\C/C=C\CCCCCCCCCC(=O)OCC(COC(=O)CCCCCCCCCCCCCCCCCCCCCCCCCCCCCC)OC(=O)CCCCCCCCC/C=C\C/C=C\CCCCCC. The van der Waals surface area contributed by atoms with E-state index in [1.54, 1.807) is 0 Å². The fourth-order valence-electron chi connectivity index (χ4n) is 11.0. The number of hydrogen-bond donors (Lipinski definition) is 0. The number of carbonyl (C=O) groups is 3. The number of hydrogen-bond acceptors (Lipinski definition) is 6. The maximum atomic E-state index is 13.0. The van der Waals surface area contributed by atoms with Crippen LogP contribution in [0.2, 0.25) is 0 Å². The monoisotopic (exact) mass is 1150 g/mol. The predicted octanol–water partition coefficient (Wildman–Crippen LogP) is 25.3. The van der Waals surface area contributed by atoms with E-state index >= 15 is 0 Å². The summed E-state index contributed by atoms with van der Waals surface area (Å²) in [5, 5.41) is 0. The lowest BCUT2D eigenvalue weighted by atomic mass is 10.0. The van der Waals surface area contributed by atoms with Crippen molar-refractivity contribution in [3.8, 4) is 0 Å². The third-order valence-corrected chi connectivity index (χ3v) is 16.6. The lowest BCUT2D eigenvalue weighted by Crippen LogP contribution is -2.30. The Kier molecular flexibility index (Phi) is 68.6. The molecule has 0 fully saturated rings. The third kappa shape index (κ3) is 68.2. The fraction of sp³-hybridized carbons (Fsp3) is 0.855. The van der Waals surface area contributed by atoms with Gasteiger partial charge < -0.3 is 14.2 Å². The smallest absolute Gasteiger partial charge is 0.306 e. The van der Waals surface area contributed by atoms with E-state index in [-0.39, 0.29) is 31.1 Å². The summed E-state index contributed by atoms with van der Waals surface area (Å²) < 4.78 is 17.0. The molecule has 0 bridgehead atoms. The predicted molar refractivity (Wildman–Crippen MR) is 358 cm³/mol. The van der Waals surface area contributed by atoms with E-state index in [0.717, 1.165) is 83.5 Å². The Morgan fingerprint density at radius 3 is 0.683 bits per heavy atom. The Hall–Kier alpha value is -2.63. The molecule has 6 heteroatoms. The van der Waals surface area contributed by atoms with E-state index in [2.05, 4.69) is 69.4 Å². The minimum absolute atomic E-state index is 0.0750. The van der Waals surface area contributed by atoms with Crippen LogP contribution in [0.1, 0.15) is 400 Å². The molecule has 0 aliphatic rings. The highest BCUT2D eigenvalue weighted by Crippen LogP contribution is 2.19. The van der Waals surface area contributed by atoms with Crippen LogP contribution in [-0.4, -0.2) is 37.2 Å². The topological polar surface area (TPSA) is 78.9 Å². The van der Waals surface area contributed by atoms with Gasteiger partial charge in [0.2, 0.25) is 0 Å². The maximum absolute atomic E-state index is 13.0. The third-order valence-electron chi connectivity index (χ3n) is 16.6. The fourth-order valence-corrected chi connectivity index (χ4v) is 11.0. The molecule has 0 amide bonds. The quantitative estimate of drug-likeness (QED) is 0.0261. The minimum atomic E-state index is -0.781. The highest BCUT2D eigenvalue weighted by Gasteiger charge is 2.19. The lowest BCUT2D eigenvalue weighted by molar-refractivity contribution is -0.167. The van der Waals surface area contributed by atoms with E-state index in [1.165, 1.54) is 276 Å².